The molecule has 2 rings (SSSR count). The number of methoxy groups -OCH3 is 1. The van der Waals surface area contributed by atoms with Crippen molar-refractivity contribution in [3.63, 3.8) is 0 Å². The van der Waals surface area contributed by atoms with Crippen molar-refractivity contribution >= 4 is 17.6 Å². The molecule has 0 N–H and O–H groups in total. The zero-order valence-electron chi connectivity index (χ0n) is 8.64. The molecule has 1 aromatic carbocycles. The Morgan fingerprint density at radius 3 is 2.88 bits per heavy atom. The van der Waals surface area contributed by atoms with Gasteiger partial charge in [-0.1, -0.05) is 11.3 Å². The second-order valence-electron chi connectivity index (χ2n) is 3.02. The highest BCUT2D eigenvalue weighted by Gasteiger charge is 2.22. The maximum atomic E-state index is 10.7. The van der Waals surface area contributed by atoms with Crippen LogP contribution in [-0.2, 0) is 0 Å². The zero-order valence-corrected chi connectivity index (χ0v) is 11.6. The highest BCUT2D eigenvalue weighted by Crippen LogP contribution is 2.10. The first-order chi connectivity index (χ1) is 7.83. The molecule has 0 unspecified atom stereocenters. The number of aldehydes is 1. The quantitative estimate of drug-likeness (QED) is 0.562. The van der Waals surface area contributed by atoms with Gasteiger partial charge in [0.25, 0.3) is 0 Å². The highest BCUT2D eigenvalue weighted by molar-refractivity contribution is 7.07. The topological polar surface area (TPSA) is 26.3 Å². The number of thiophene rings is 1. The van der Waals surface area contributed by atoms with Crippen molar-refractivity contribution in [3.8, 4) is 5.75 Å². The van der Waals surface area contributed by atoms with Gasteiger partial charge in [0.1, 0.15) is 6.29 Å². The summed E-state index contributed by atoms with van der Waals surface area (Å²) in [7, 11) is 1.66. The van der Waals surface area contributed by atoms with Crippen LogP contribution in [0.2, 0.25) is 0 Å². The Kier molecular flexibility index (Phi) is 3.95. The molecule has 0 radical (unpaired) electrons. The predicted molar refractivity (Wildman–Crippen MR) is 60.1 cm³/mol. The fourth-order valence-electron chi connectivity index (χ4n) is 1.24. The van der Waals surface area contributed by atoms with Crippen LogP contribution in [0.1, 0.15) is 10.4 Å². The summed E-state index contributed by atoms with van der Waals surface area (Å²) in [5.74, 6) is 0.881. The average molecular weight is 345 g/mol. The minimum Gasteiger partial charge on any atom is -0.492 e. The van der Waals surface area contributed by atoms with Crippen molar-refractivity contribution in [2.45, 2.75) is 0 Å². The van der Waals surface area contributed by atoms with Gasteiger partial charge in [-0.2, -0.15) is 0 Å². The van der Waals surface area contributed by atoms with Gasteiger partial charge in [0, 0.05) is 17.7 Å². The minimum absolute atomic E-state index is 0.250. The van der Waals surface area contributed by atoms with E-state index in [2.05, 4.69) is 17.5 Å². The van der Waals surface area contributed by atoms with Crippen LogP contribution < -0.4 is 25.9 Å². The summed E-state index contributed by atoms with van der Waals surface area (Å²) in [6.45, 7) is 0. The van der Waals surface area contributed by atoms with Gasteiger partial charge in [-0.3, -0.25) is 4.79 Å². The molecule has 0 aliphatic rings. The third kappa shape index (κ3) is 2.62. The molecule has 1 aromatic heterocycles. The Hall–Kier alpha value is -0.880. The lowest BCUT2D eigenvalue weighted by Gasteiger charge is -1.98. The minimum atomic E-state index is -0.250. The van der Waals surface area contributed by atoms with E-state index >= 15 is 0 Å². The maximum Gasteiger partial charge on any atom is 0.373 e. The van der Waals surface area contributed by atoms with Crippen LogP contribution in [0.4, 0.5) is 0 Å². The third-order valence-corrected chi connectivity index (χ3v) is 6.24. The van der Waals surface area contributed by atoms with Crippen LogP contribution in [0.15, 0.2) is 35.7 Å². The van der Waals surface area contributed by atoms with E-state index in [0.29, 0.717) is 5.56 Å². The molecule has 0 bridgehead atoms. The van der Waals surface area contributed by atoms with Crippen LogP contribution in [-0.4, -0.2) is 13.4 Å². The summed E-state index contributed by atoms with van der Waals surface area (Å²) >= 11 is 1.51. The van der Waals surface area contributed by atoms with Gasteiger partial charge in [0.05, 0.1) is 7.11 Å². The van der Waals surface area contributed by atoms with Gasteiger partial charge in [0.2, 0.25) is 6.45 Å². The largest absolute Gasteiger partial charge is 0.492 e. The third-order valence-electron chi connectivity index (χ3n) is 1.99. The van der Waals surface area contributed by atoms with Crippen molar-refractivity contribution in [1.82, 2.24) is 0 Å². The molecule has 0 saturated heterocycles. The smallest absolute Gasteiger partial charge is 0.373 e. The van der Waals surface area contributed by atoms with E-state index in [9.17, 15) is 4.79 Å². The first-order valence-corrected chi connectivity index (χ1v) is 7.69. The second-order valence-corrected chi connectivity index (χ2v) is 7.57. The van der Waals surface area contributed by atoms with Crippen molar-refractivity contribution in [2.75, 3.05) is 7.11 Å². The van der Waals surface area contributed by atoms with Gasteiger partial charge in [0.15, 0.2) is 5.75 Å². The van der Waals surface area contributed by atoms with Crippen LogP contribution >= 0.6 is 11.3 Å². The Balaban J connectivity index is 2.33. The summed E-state index contributed by atoms with van der Waals surface area (Å²) in [5, 5.41) is 2.07. The van der Waals surface area contributed by atoms with E-state index in [1.54, 1.807) is 24.5 Å². The maximum absolute atomic E-state index is 10.7. The summed E-state index contributed by atoms with van der Waals surface area (Å²) in [5.41, 5.74) is 0.715. The number of carbonyl (C=O) groups is 1. The number of hydrogen-bond acceptors (Lipinski definition) is 3. The van der Waals surface area contributed by atoms with Gasteiger partial charge in [-0.15, -0.1) is 0 Å². The van der Waals surface area contributed by atoms with E-state index < -0.39 is 0 Å². The normalized spacial score (nSPS) is 10.1. The van der Waals surface area contributed by atoms with Gasteiger partial charge in [-0.25, -0.2) is 0 Å². The van der Waals surface area contributed by atoms with Crippen LogP contribution in [0.3, 0.4) is 0 Å². The lowest BCUT2D eigenvalue weighted by Crippen LogP contribution is -3.61. The van der Waals surface area contributed by atoms with E-state index in [0.717, 1.165) is 15.6 Å². The highest BCUT2D eigenvalue weighted by atomic mass is 127. The molecule has 0 amide bonds. The monoisotopic (exact) mass is 345 g/mol. The number of carbonyl (C=O) groups excluding carboxylic acids is 1. The fraction of sp³-hybridized carbons (Fsp3) is 0.0833. The van der Waals surface area contributed by atoms with Crippen LogP contribution in [0, 0.1) is 6.45 Å². The Morgan fingerprint density at radius 1 is 1.38 bits per heavy atom. The van der Waals surface area contributed by atoms with Gasteiger partial charge >= 0.3 is 21.2 Å². The van der Waals surface area contributed by atoms with Gasteiger partial charge < -0.3 is 4.74 Å². The molecule has 0 saturated carbocycles. The average Bonchev–Trinajstić information content (AvgIpc) is 2.82. The Labute approximate surface area is 109 Å². The molecule has 82 valence electrons. The molecule has 0 spiro atoms. The van der Waals surface area contributed by atoms with Crippen LogP contribution in [0.25, 0.3) is 0 Å². The SMILES string of the molecule is COc1ccc(C=O)cc1[I+]c1cccs1. The first-order valence-electron chi connectivity index (χ1n) is 4.65. The van der Waals surface area contributed by atoms with Crippen molar-refractivity contribution in [3.05, 3.63) is 47.7 Å². The summed E-state index contributed by atoms with van der Waals surface area (Å²) < 4.78 is 7.85. The second kappa shape index (κ2) is 5.45. The van der Waals surface area contributed by atoms with E-state index in [1.165, 1.54) is 2.88 Å². The number of hydrogen-bond donors (Lipinski definition) is 0. The van der Waals surface area contributed by atoms with E-state index in [1.807, 2.05) is 12.1 Å². The Bertz CT molecular complexity index is 480. The molecule has 2 nitrogen and oxygen atoms in total. The molecule has 0 aliphatic heterocycles. The van der Waals surface area contributed by atoms with Gasteiger partial charge in [-0.05, 0) is 23.6 Å². The molecule has 0 fully saturated rings. The van der Waals surface area contributed by atoms with Crippen molar-refractivity contribution in [2.24, 2.45) is 0 Å². The molecular weight excluding hydrogens is 335 g/mol. The zero-order chi connectivity index (χ0) is 11.4. The summed E-state index contributed by atoms with van der Waals surface area (Å²) in [6.07, 6.45) is 0.876. The summed E-state index contributed by atoms with van der Waals surface area (Å²) in [6, 6.07) is 9.76. The lowest BCUT2D eigenvalue weighted by molar-refractivity contribution is -0.592. The molecule has 0 aliphatic carbocycles. The van der Waals surface area contributed by atoms with Crippen molar-refractivity contribution in [1.29, 1.82) is 0 Å². The number of benzene rings is 1. The first kappa shape index (κ1) is 11.6. The molecular formula is C12H10IO2S+. The molecule has 0 atom stereocenters. The summed E-state index contributed by atoms with van der Waals surface area (Å²) in [4.78, 5) is 10.7. The van der Waals surface area contributed by atoms with Crippen LogP contribution in [0.5, 0.6) is 5.75 Å². The molecule has 1 heterocycles. The Morgan fingerprint density at radius 2 is 2.25 bits per heavy atom. The number of rotatable bonds is 4. The number of ether oxygens (including phenoxy) is 1. The fourth-order valence-corrected chi connectivity index (χ4v) is 5.25. The lowest BCUT2D eigenvalue weighted by atomic mass is 10.2. The predicted octanol–water partition coefficient (Wildman–Crippen LogP) is -0.302. The van der Waals surface area contributed by atoms with E-state index in [-0.39, 0.29) is 21.2 Å². The number of halogens is 1. The molecule has 16 heavy (non-hydrogen) atoms. The standard InChI is InChI=1S/C12H10IO2S/c1-15-11-5-4-9(8-14)7-10(11)13-12-3-2-6-16-12/h2-8H,1H3/q+1. The molecule has 4 heteroatoms. The van der Waals surface area contributed by atoms with Crippen molar-refractivity contribution < 1.29 is 30.7 Å². The van der Waals surface area contributed by atoms with E-state index in [4.69, 9.17) is 4.74 Å². The molecule has 2 aromatic rings.